The summed E-state index contributed by atoms with van der Waals surface area (Å²) in [6.07, 6.45) is 5.13. The molecule has 0 fully saturated rings. The maximum atomic E-state index is 12.3. The van der Waals surface area contributed by atoms with Crippen LogP contribution in [-0.4, -0.2) is 29.4 Å². The van der Waals surface area contributed by atoms with E-state index < -0.39 is 0 Å². The largest absolute Gasteiger partial charge is 0.496 e. The molecule has 1 unspecified atom stereocenters. The molecule has 5 heteroatoms. The van der Waals surface area contributed by atoms with E-state index in [0.29, 0.717) is 16.8 Å². The van der Waals surface area contributed by atoms with Crippen LogP contribution in [0.1, 0.15) is 33.6 Å². The Labute approximate surface area is 110 Å². The molecular weight excluding hydrogens is 244 g/mol. The maximum absolute atomic E-state index is 12.3. The molecule has 1 atom stereocenters. The van der Waals surface area contributed by atoms with E-state index in [2.05, 4.69) is 0 Å². The molecule has 2 aliphatic rings. The summed E-state index contributed by atoms with van der Waals surface area (Å²) in [6, 6.07) is 4.95. The Bertz CT molecular complexity index is 580. The van der Waals surface area contributed by atoms with E-state index in [-0.39, 0.29) is 24.5 Å². The number of hydrogen-bond acceptors (Lipinski definition) is 4. The minimum Gasteiger partial charge on any atom is -0.496 e. The van der Waals surface area contributed by atoms with Crippen LogP contribution in [0.3, 0.4) is 0 Å². The first-order valence-electron chi connectivity index (χ1n) is 6.23. The van der Waals surface area contributed by atoms with Gasteiger partial charge in [-0.3, -0.25) is 14.5 Å². The summed E-state index contributed by atoms with van der Waals surface area (Å²) >= 11 is 0. The monoisotopic (exact) mass is 258 g/mol. The van der Waals surface area contributed by atoms with Crippen molar-refractivity contribution in [1.82, 2.24) is 4.90 Å². The van der Waals surface area contributed by atoms with Crippen molar-refractivity contribution in [2.75, 3.05) is 12.3 Å². The topological polar surface area (TPSA) is 72.6 Å². The lowest BCUT2D eigenvalue weighted by Crippen LogP contribution is -2.38. The first kappa shape index (κ1) is 11.8. The number of rotatable bonds is 2. The lowest BCUT2D eigenvalue weighted by atomic mass is 10.1. The van der Waals surface area contributed by atoms with Crippen LogP contribution in [-0.2, 0) is 4.74 Å². The SMILES string of the molecule is Nc1cccc2c1C(=O)N(CC1CCC=CO1)C2=O. The van der Waals surface area contributed by atoms with Gasteiger partial charge in [-0.15, -0.1) is 0 Å². The highest BCUT2D eigenvalue weighted by molar-refractivity contribution is 6.23. The number of nitrogen functional groups attached to an aromatic ring is 1. The van der Waals surface area contributed by atoms with Gasteiger partial charge in [-0.1, -0.05) is 6.07 Å². The van der Waals surface area contributed by atoms with Crippen molar-refractivity contribution in [2.24, 2.45) is 0 Å². The Kier molecular flexibility index (Phi) is 2.74. The van der Waals surface area contributed by atoms with Crippen LogP contribution in [0.2, 0.25) is 0 Å². The quantitative estimate of drug-likeness (QED) is 0.645. The van der Waals surface area contributed by atoms with Gasteiger partial charge >= 0.3 is 0 Å². The normalized spacial score (nSPS) is 21.5. The lowest BCUT2D eigenvalue weighted by Gasteiger charge is -2.23. The summed E-state index contributed by atoms with van der Waals surface area (Å²) in [5.41, 5.74) is 6.83. The molecule has 0 bridgehead atoms. The van der Waals surface area contributed by atoms with E-state index in [0.717, 1.165) is 12.8 Å². The van der Waals surface area contributed by atoms with Gasteiger partial charge in [0.1, 0.15) is 6.10 Å². The Morgan fingerprint density at radius 2 is 2.16 bits per heavy atom. The van der Waals surface area contributed by atoms with Crippen LogP contribution in [0.5, 0.6) is 0 Å². The van der Waals surface area contributed by atoms with E-state index in [9.17, 15) is 9.59 Å². The molecule has 0 aromatic heterocycles. The molecular formula is C14H14N2O3. The van der Waals surface area contributed by atoms with Gasteiger partial charge in [-0.05, 0) is 31.1 Å². The third kappa shape index (κ3) is 1.87. The average molecular weight is 258 g/mol. The van der Waals surface area contributed by atoms with Crippen LogP contribution in [0.15, 0.2) is 30.5 Å². The zero-order valence-corrected chi connectivity index (χ0v) is 10.3. The number of ether oxygens (including phenoxy) is 1. The van der Waals surface area contributed by atoms with Crippen LogP contribution in [0, 0.1) is 0 Å². The molecule has 0 saturated carbocycles. The molecule has 1 aromatic rings. The van der Waals surface area contributed by atoms with E-state index in [1.807, 2.05) is 6.08 Å². The molecule has 0 spiro atoms. The first-order valence-corrected chi connectivity index (χ1v) is 6.23. The number of amides is 2. The van der Waals surface area contributed by atoms with E-state index in [1.54, 1.807) is 24.5 Å². The second-order valence-corrected chi connectivity index (χ2v) is 4.70. The first-order chi connectivity index (χ1) is 9.18. The second-order valence-electron chi connectivity index (χ2n) is 4.70. The van der Waals surface area contributed by atoms with E-state index in [4.69, 9.17) is 10.5 Å². The summed E-state index contributed by atoms with van der Waals surface area (Å²) in [7, 11) is 0. The number of carbonyl (C=O) groups is 2. The van der Waals surface area contributed by atoms with Gasteiger partial charge in [0.2, 0.25) is 0 Å². The summed E-state index contributed by atoms with van der Waals surface area (Å²) in [5.74, 6) is -0.610. The van der Waals surface area contributed by atoms with Crippen molar-refractivity contribution < 1.29 is 14.3 Å². The highest BCUT2D eigenvalue weighted by Gasteiger charge is 2.38. The zero-order chi connectivity index (χ0) is 13.4. The number of nitrogens with two attached hydrogens (primary N) is 1. The fourth-order valence-corrected chi connectivity index (χ4v) is 2.45. The van der Waals surface area contributed by atoms with Crippen molar-refractivity contribution in [1.29, 1.82) is 0 Å². The predicted octanol–water partition coefficient (Wildman–Crippen LogP) is 1.56. The molecule has 2 heterocycles. The number of imide groups is 1. The molecule has 19 heavy (non-hydrogen) atoms. The van der Waals surface area contributed by atoms with Crippen molar-refractivity contribution in [3.63, 3.8) is 0 Å². The Hall–Kier alpha value is -2.30. The molecule has 2 N–H and O–H groups in total. The highest BCUT2D eigenvalue weighted by Crippen LogP contribution is 2.28. The van der Waals surface area contributed by atoms with Gasteiger partial charge in [0.15, 0.2) is 0 Å². The Balaban J connectivity index is 1.86. The molecule has 98 valence electrons. The summed E-state index contributed by atoms with van der Waals surface area (Å²) < 4.78 is 5.41. The van der Waals surface area contributed by atoms with Crippen LogP contribution < -0.4 is 5.73 Å². The average Bonchev–Trinajstić information content (AvgIpc) is 2.66. The molecule has 2 amide bonds. The third-order valence-electron chi connectivity index (χ3n) is 3.44. The van der Waals surface area contributed by atoms with Crippen LogP contribution in [0.4, 0.5) is 5.69 Å². The van der Waals surface area contributed by atoms with Gasteiger partial charge in [0, 0.05) is 5.69 Å². The molecule has 1 aromatic carbocycles. The number of fused-ring (bicyclic) bond motifs is 1. The molecule has 5 nitrogen and oxygen atoms in total. The fourth-order valence-electron chi connectivity index (χ4n) is 2.45. The number of carbonyl (C=O) groups excluding carboxylic acids is 2. The van der Waals surface area contributed by atoms with Crippen molar-refractivity contribution in [2.45, 2.75) is 18.9 Å². The zero-order valence-electron chi connectivity index (χ0n) is 10.3. The van der Waals surface area contributed by atoms with Crippen molar-refractivity contribution in [3.05, 3.63) is 41.7 Å². The molecule has 2 aliphatic heterocycles. The minimum absolute atomic E-state index is 0.131. The molecule has 0 radical (unpaired) electrons. The number of anilines is 1. The smallest absolute Gasteiger partial charge is 0.263 e. The van der Waals surface area contributed by atoms with Gasteiger partial charge in [-0.2, -0.15) is 0 Å². The summed E-state index contributed by atoms with van der Waals surface area (Å²) in [6.45, 7) is 0.274. The Morgan fingerprint density at radius 1 is 1.32 bits per heavy atom. The number of allylic oxidation sites excluding steroid dienone is 1. The highest BCUT2D eigenvalue weighted by atomic mass is 16.5. The molecule has 0 saturated heterocycles. The van der Waals surface area contributed by atoms with Gasteiger partial charge in [0.25, 0.3) is 11.8 Å². The van der Waals surface area contributed by atoms with Gasteiger partial charge < -0.3 is 10.5 Å². The summed E-state index contributed by atoms with van der Waals surface area (Å²) in [5, 5.41) is 0. The summed E-state index contributed by atoms with van der Waals surface area (Å²) in [4.78, 5) is 25.7. The van der Waals surface area contributed by atoms with E-state index in [1.165, 1.54) is 4.90 Å². The molecule has 0 aliphatic carbocycles. The van der Waals surface area contributed by atoms with Crippen molar-refractivity contribution >= 4 is 17.5 Å². The molecule has 3 rings (SSSR count). The van der Waals surface area contributed by atoms with Crippen molar-refractivity contribution in [3.8, 4) is 0 Å². The minimum atomic E-state index is -0.323. The second kappa shape index (κ2) is 4.42. The van der Waals surface area contributed by atoms with Gasteiger partial charge in [-0.25, -0.2) is 0 Å². The van der Waals surface area contributed by atoms with Crippen LogP contribution >= 0.6 is 0 Å². The van der Waals surface area contributed by atoms with Crippen LogP contribution in [0.25, 0.3) is 0 Å². The third-order valence-corrected chi connectivity index (χ3v) is 3.44. The maximum Gasteiger partial charge on any atom is 0.263 e. The van der Waals surface area contributed by atoms with E-state index >= 15 is 0 Å². The fraction of sp³-hybridized carbons (Fsp3) is 0.286. The number of benzene rings is 1. The lowest BCUT2D eigenvalue weighted by molar-refractivity contribution is 0.0485. The van der Waals surface area contributed by atoms with Gasteiger partial charge in [0.05, 0.1) is 23.9 Å². The number of nitrogens with zero attached hydrogens (tertiary/aromatic N) is 1. The standard InChI is InChI=1S/C14H14N2O3/c15-11-6-3-5-10-12(11)14(18)16(13(10)17)8-9-4-1-2-7-19-9/h2-3,5-7,9H,1,4,8,15H2. The number of hydrogen-bond donors (Lipinski definition) is 1. The predicted molar refractivity (Wildman–Crippen MR) is 69.5 cm³/mol. The Morgan fingerprint density at radius 3 is 2.84 bits per heavy atom.